The van der Waals surface area contributed by atoms with Crippen molar-refractivity contribution in [1.82, 2.24) is 10.3 Å². The van der Waals surface area contributed by atoms with Gasteiger partial charge in [0, 0.05) is 18.2 Å². The molecule has 0 saturated carbocycles. The number of benzene rings is 1. The lowest BCUT2D eigenvalue weighted by molar-refractivity contribution is 0.0953. The van der Waals surface area contributed by atoms with Crippen LogP contribution in [0.4, 0.5) is 0 Å². The van der Waals surface area contributed by atoms with E-state index in [2.05, 4.69) is 24.2 Å². The number of piperidine rings is 1. The molecule has 1 fully saturated rings. The zero-order chi connectivity index (χ0) is 13.8. The number of nitrogens with one attached hydrogen (secondary N) is 1. The Kier molecular flexibility index (Phi) is 4.56. The van der Waals surface area contributed by atoms with E-state index < -0.39 is 0 Å². The van der Waals surface area contributed by atoms with Crippen LogP contribution in [0.25, 0.3) is 0 Å². The molecule has 0 aromatic heterocycles. The first-order chi connectivity index (χ1) is 9.11. The van der Waals surface area contributed by atoms with Crippen LogP contribution < -0.4 is 11.3 Å². The van der Waals surface area contributed by atoms with Crippen LogP contribution in [0.3, 0.4) is 0 Å². The van der Waals surface area contributed by atoms with Gasteiger partial charge in [-0.3, -0.25) is 15.1 Å². The number of hydrogen-bond donors (Lipinski definition) is 2. The topological polar surface area (TPSA) is 58.4 Å². The minimum absolute atomic E-state index is 0.244. The van der Waals surface area contributed by atoms with Crippen LogP contribution in [0.1, 0.15) is 42.6 Å². The van der Waals surface area contributed by atoms with Crippen molar-refractivity contribution in [3.63, 3.8) is 0 Å². The maximum Gasteiger partial charge on any atom is 0.265 e. The van der Waals surface area contributed by atoms with E-state index in [1.54, 1.807) is 0 Å². The summed E-state index contributed by atoms with van der Waals surface area (Å²) in [6.45, 7) is 6.75. The van der Waals surface area contributed by atoms with E-state index >= 15 is 0 Å². The van der Waals surface area contributed by atoms with Crippen molar-refractivity contribution >= 4 is 5.91 Å². The summed E-state index contributed by atoms with van der Waals surface area (Å²) in [6, 6.07) is 8.30. The molecule has 0 spiro atoms. The Morgan fingerprint density at radius 1 is 1.37 bits per heavy atom. The van der Waals surface area contributed by atoms with Crippen LogP contribution >= 0.6 is 0 Å². The van der Waals surface area contributed by atoms with Gasteiger partial charge in [0.2, 0.25) is 0 Å². The van der Waals surface area contributed by atoms with E-state index in [-0.39, 0.29) is 5.91 Å². The van der Waals surface area contributed by atoms with Gasteiger partial charge in [-0.05, 0) is 49.9 Å². The molecule has 4 nitrogen and oxygen atoms in total. The summed E-state index contributed by atoms with van der Waals surface area (Å²) in [5.41, 5.74) is 3.99. The largest absolute Gasteiger partial charge is 0.296 e. The molecule has 2 unspecified atom stereocenters. The predicted molar refractivity (Wildman–Crippen MR) is 76.4 cm³/mol. The summed E-state index contributed by atoms with van der Waals surface area (Å²) in [5, 5.41) is 0. The van der Waals surface area contributed by atoms with Crippen LogP contribution in [0.15, 0.2) is 24.3 Å². The Hall–Kier alpha value is -1.39. The Balaban J connectivity index is 2.01. The van der Waals surface area contributed by atoms with E-state index in [1.165, 1.54) is 18.4 Å². The van der Waals surface area contributed by atoms with Crippen LogP contribution in [0.2, 0.25) is 0 Å². The van der Waals surface area contributed by atoms with E-state index in [1.807, 2.05) is 24.3 Å². The molecular weight excluding hydrogens is 238 g/mol. The molecule has 0 radical (unpaired) electrons. The minimum Gasteiger partial charge on any atom is -0.296 e. The molecule has 1 aromatic carbocycles. The van der Waals surface area contributed by atoms with Gasteiger partial charge in [0.15, 0.2) is 0 Å². The maximum absolute atomic E-state index is 11.4. The number of likely N-dealkylation sites (tertiary alicyclic amines) is 1. The highest BCUT2D eigenvalue weighted by molar-refractivity contribution is 5.93. The Morgan fingerprint density at radius 2 is 2.05 bits per heavy atom. The molecule has 0 bridgehead atoms. The summed E-state index contributed by atoms with van der Waals surface area (Å²) in [7, 11) is 0. The molecule has 4 heteroatoms. The molecule has 3 N–H and O–H groups in total. The second-order valence-corrected chi connectivity index (χ2v) is 5.50. The molecule has 1 aliphatic heterocycles. The van der Waals surface area contributed by atoms with E-state index in [0.29, 0.717) is 11.6 Å². The highest BCUT2D eigenvalue weighted by Gasteiger charge is 2.24. The third kappa shape index (κ3) is 3.33. The Bertz CT molecular complexity index is 430. The number of hydrazine groups is 1. The van der Waals surface area contributed by atoms with Crippen molar-refractivity contribution in [1.29, 1.82) is 0 Å². The van der Waals surface area contributed by atoms with E-state index in [9.17, 15) is 4.79 Å². The molecule has 1 aliphatic rings. The lowest BCUT2D eigenvalue weighted by atomic mass is 9.91. The molecule has 2 rings (SSSR count). The monoisotopic (exact) mass is 261 g/mol. The van der Waals surface area contributed by atoms with Crippen molar-refractivity contribution in [2.24, 2.45) is 11.8 Å². The molecule has 1 heterocycles. The number of carbonyl (C=O) groups is 1. The van der Waals surface area contributed by atoms with Crippen molar-refractivity contribution in [3.05, 3.63) is 35.4 Å². The summed E-state index contributed by atoms with van der Waals surface area (Å²) < 4.78 is 0. The van der Waals surface area contributed by atoms with Crippen LogP contribution in [-0.2, 0) is 6.54 Å². The molecule has 2 atom stereocenters. The normalized spacial score (nSPS) is 24.2. The van der Waals surface area contributed by atoms with Gasteiger partial charge in [-0.25, -0.2) is 5.84 Å². The average molecular weight is 261 g/mol. The second kappa shape index (κ2) is 6.17. The summed E-state index contributed by atoms with van der Waals surface area (Å²) >= 11 is 0. The quantitative estimate of drug-likeness (QED) is 0.496. The van der Waals surface area contributed by atoms with Gasteiger partial charge in [-0.2, -0.15) is 0 Å². The number of nitrogens with zero attached hydrogens (tertiary/aromatic N) is 1. The lowest BCUT2D eigenvalue weighted by Gasteiger charge is -2.38. The van der Waals surface area contributed by atoms with Crippen molar-refractivity contribution in [3.8, 4) is 0 Å². The van der Waals surface area contributed by atoms with Crippen molar-refractivity contribution in [2.75, 3.05) is 6.54 Å². The number of nitrogen functional groups attached to an aromatic ring is 1. The van der Waals surface area contributed by atoms with E-state index in [4.69, 9.17) is 5.84 Å². The number of carbonyl (C=O) groups excluding carboxylic acids is 1. The molecule has 104 valence electrons. The zero-order valence-electron chi connectivity index (χ0n) is 11.7. The molecule has 1 saturated heterocycles. The van der Waals surface area contributed by atoms with Gasteiger partial charge in [-0.1, -0.05) is 19.1 Å². The van der Waals surface area contributed by atoms with Gasteiger partial charge in [0.05, 0.1) is 0 Å². The predicted octanol–water partition coefficient (Wildman–Crippen LogP) is 1.91. The third-order valence-corrected chi connectivity index (χ3v) is 4.24. The smallest absolute Gasteiger partial charge is 0.265 e. The molecule has 1 amide bonds. The fourth-order valence-corrected chi connectivity index (χ4v) is 2.72. The number of hydrogen-bond acceptors (Lipinski definition) is 3. The lowest BCUT2D eigenvalue weighted by Crippen LogP contribution is -2.41. The maximum atomic E-state index is 11.4. The minimum atomic E-state index is -0.244. The second-order valence-electron chi connectivity index (χ2n) is 5.50. The number of amides is 1. The molecule has 19 heavy (non-hydrogen) atoms. The molecular formula is C15H23N3O. The Labute approximate surface area is 114 Å². The van der Waals surface area contributed by atoms with Crippen molar-refractivity contribution < 1.29 is 4.79 Å². The highest BCUT2D eigenvalue weighted by Crippen LogP contribution is 2.24. The van der Waals surface area contributed by atoms with E-state index in [0.717, 1.165) is 19.0 Å². The first kappa shape index (κ1) is 14.0. The summed E-state index contributed by atoms with van der Waals surface area (Å²) in [6.07, 6.45) is 2.60. The Morgan fingerprint density at radius 3 is 2.68 bits per heavy atom. The van der Waals surface area contributed by atoms with Gasteiger partial charge in [-0.15, -0.1) is 0 Å². The van der Waals surface area contributed by atoms with Gasteiger partial charge in [0.25, 0.3) is 5.91 Å². The van der Waals surface area contributed by atoms with Gasteiger partial charge < -0.3 is 0 Å². The van der Waals surface area contributed by atoms with Crippen molar-refractivity contribution in [2.45, 2.75) is 39.3 Å². The third-order valence-electron chi connectivity index (χ3n) is 4.24. The SMILES string of the molecule is CC1CCCN(Cc2ccc(C(=O)NN)cc2)C1C. The molecule has 1 aromatic rings. The standard InChI is InChI=1S/C15H23N3O/c1-11-4-3-9-18(12(11)2)10-13-5-7-14(8-6-13)15(19)17-16/h5-8,11-12H,3-4,9-10,16H2,1-2H3,(H,17,19). The van der Waals surface area contributed by atoms with Crippen LogP contribution in [0.5, 0.6) is 0 Å². The van der Waals surface area contributed by atoms with Gasteiger partial charge >= 0.3 is 0 Å². The number of nitrogens with two attached hydrogens (primary N) is 1. The fourth-order valence-electron chi connectivity index (χ4n) is 2.72. The summed E-state index contributed by atoms with van der Waals surface area (Å²) in [4.78, 5) is 13.9. The highest BCUT2D eigenvalue weighted by atomic mass is 16.2. The van der Waals surface area contributed by atoms with Crippen LogP contribution in [-0.4, -0.2) is 23.4 Å². The first-order valence-corrected chi connectivity index (χ1v) is 6.95. The average Bonchev–Trinajstić information content (AvgIpc) is 2.44. The fraction of sp³-hybridized carbons (Fsp3) is 0.533. The van der Waals surface area contributed by atoms with Gasteiger partial charge in [0.1, 0.15) is 0 Å². The number of rotatable bonds is 3. The summed E-state index contributed by atoms with van der Waals surface area (Å²) in [5.74, 6) is 5.63. The van der Waals surface area contributed by atoms with Crippen LogP contribution in [0, 0.1) is 5.92 Å². The molecule has 0 aliphatic carbocycles. The zero-order valence-corrected chi connectivity index (χ0v) is 11.7. The first-order valence-electron chi connectivity index (χ1n) is 6.95.